The average molecular weight is 408 g/mol. The summed E-state index contributed by atoms with van der Waals surface area (Å²) in [5.41, 5.74) is 5.80. The number of aromatic nitrogens is 1. The van der Waals surface area contributed by atoms with E-state index in [4.69, 9.17) is 21.4 Å². The number of nitrogens with zero attached hydrogens (tertiary/aromatic N) is 1. The van der Waals surface area contributed by atoms with E-state index in [1.165, 1.54) is 28.9 Å². The topological polar surface area (TPSA) is 59.4 Å². The van der Waals surface area contributed by atoms with Gasteiger partial charge in [-0.05, 0) is 55.4 Å². The SMILES string of the molecule is CO.O=CCCc1ccc(OCC2=C(Cc3cncs3)CCCC2)cc1Cl. The number of allylic oxidation sites excluding steroid dienone is 1. The highest BCUT2D eigenvalue weighted by molar-refractivity contribution is 7.09. The summed E-state index contributed by atoms with van der Waals surface area (Å²) in [5, 5.41) is 7.67. The minimum Gasteiger partial charge on any atom is -0.489 e. The van der Waals surface area contributed by atoms with Crippen LogP contribution in [0.1, 0.15) is 42.5 Å². The highest BCUT2D eigenvalue weighted by Crippen LogP contribution is 2.30. The molecule has 1 aromatic carbocycles. The summed E-state index contributed by atoms with van der Waals surface area (Å²) in [6.07, 6.45) is 9.80. The van der Waals surface area contributed by atoms with Crippen LogP contribution in [0.25, 0.3) is 0 Å². The lowest BCUT2D eigenvalue weighted by atomic mass is 9.90. The number of ether oxygens (including phenoxy) is 1. The van der Waals surface area contributed by atoms with Crippen LogP contribution < -0.4 is 4.74 Å². The third-order valence-corrected chi connectivity index (χ3v) is 5.68. The van der Waals surface area contributed by atoms with Crippen molar-refractivity contribution in [3.63, 3.8) is 0 Å². The van der Waals surface area contributed by atoms with Crippen molar-refractivity contribution in [1.82, 2.24) is 4.98 Å². The first-order valence-corrected chi connectivity index (χ1v) is 10.4. The lowest BCUT2D eigenvalue weighted by Crippen LogP contribution is -2.10. The van der Waals surface area contributed by atoms with Crippen LogP contribution in [0.3, 0.4) is 0 Å². The number of thiazole rings is 1. The Balaban J connectivity index is 0.00000126. The van der Waals surface area contributed by atoms with Crippen molar-refractivity contribution in [3.05, 3.63) is 56.5 Å². The van der Waals surface area contributed by atoms with E-state index in [0.29, 0.717) is 24.5 Å². The zero-order valence-corrected chi connectivity index (χ0v) is 17.2. The monoisotopic (exact) mass is 407 g/mol. The summed E-state index contributed by atoms with van der Waals surface area (Å²) in [4.78, 5) is 16.0. The molecular formula is C21H26ClNO3S. The van der Waals surface area contributed by atoms with Crippen LogP contribution in [0, 0.1) is 0 Å². The molecule has 146 valence electrons. The molecular weight excluding hydrogens is 382 g/mol. The second kappa shape index (κ2) is 11.9. The Kier molecular flexibility index (Phi) is 9.53. The van der Waals surface area contributed by atoms with Crippen LogP contribution in [0.2, 0.25) is 5.02 Å². The Morgan fingerprint density at radius 2 is 2.04 bits per heavy atom. The van der Waals surface area contributed by atoms with Crippen LogP contribution in [0.15, 0.2) is 41.1 Å². The molecule has 1 aromatic heterocycles. The molecule has 6 heteroatoms. The Bertz CT molecular complexity index is 744. The van der Waals surface area contributed by atoms with E-state index in [1.807, 2.05) is 29.9 Å². The molecule has 1 N–H and O–H groups in total. The van der Waals surface area contributed by atoms with E-state index in [2.05, 4.69) is 4.98 Å². The predicted octanol–water partition coefficient (Wildman–Crippen LogP) is 5.03. The van der Waals surface area contributed by atoms with Gasteiger partial charge < -0.3 is 14.6 Å². The Morgan fingerprint density at radius 3 is 2.70 bits per heavy atom. The molecule has 0 saturated carbocycles. The van der Waals surface area contributed by atoms with E-state index in [1.54, 1.807) is 11.3 Å². The van der Waals surface area contributed by atoms with Crippen LogP contribution in [-0.2, 0) is 17.6 Å². The fourth-order valence-electron chi connectivity index (χ4n) is 3.16. The van der Waals surface area contributed by atoms with Crippen LogP contribution in [0.4, 0.5) is 0 Å². The minimum absolute atomic E-state index is 0.494. The summed E-state index contributed by atoms with van der Waals surface area (Å²) >= 11 is 8.01. The van der Waals surface area contributed by atoms with Gasteiger partial charge in [-0.15, -0.1) is 11.3 Å². The molecule has 2 aromatic rings. The zero-order valence-electron chi connectivity index (χ0n) is 15.6. The van der Waals surface area contributed by atoms with Gasteiger partial charge in [0.15, 0.2) is 0 Å². The van der Waals surface area contributed by atoms with Crippen molar-refractivity contribution >= 4 is 29.2 Å². The van der Waals surface area contributed by atoms with Crippen molar-refractivity contribution in [2.45, 2.75) is 44.9 Å². The number of aryl methyl sites for hydroxylation is 1. The number of hydrogen-bond acceptors (Lipinski definition) is 5. The molecule has 1 heterocycles. The molecule has 1 aliphatic rings. The number of hydrogen-bond donors (Lipinski definition) is 1. The number of halogens is 1. The first kappa shape index (κ1) is 21.6. The Morgan fingerprint density at radius 1 is 1.26 bits per heavy atom. The van der Waals surface area contributed by atoms with Gasteiger partial charge in [0.25, 0.3) is 0 Å². The molecule has 27 heavy (non-hydrogen) atoms. The number of carbonyl (C=O) groups is 1. The second-order valence-corrected chi connectivity index (χ2v) is 7.68. The van der Waals surface area contributed by atoms with Crippen LogP contribution >= 0.6 is 22.9 Å². The van der Waals surface area contributed by atoms with Gasteiger partial charge in [0, 0.05) is 36.0 Å². The maximum atomic E-state index is 10.5. The van der Waals surface area contributed by atoms with Gasteiger partial charge in [-0.3, -0.25) is 4.98 Å². The Labute approximate surface area is 169 Å². The standard InChI is InChI=1S/C20H22ClNO2S.CH4O/c21-20-11-18(8-7-15(20)6-3-9-23)24-13-17-5-2-1-4-16(17)10-19-12-22-14-25-19;1-2/h7-9,11-12,14H,1-6,10,13H2;2H,1H3. The van der Waals surface area contributed by atoms with Gasteiger partial charge in [-0.25, -0.2) is 0 Å². The van der Waals surface area contributed by atoms with Crippen LogP contribution in [0.5, 0.6) is 5.75 Å². The summed E-state index contributed by atoms with van der Waals surface area (Å²) in [6.45, 7) is 0.623. The quantitative estimate of drug-likeness (QED) is 0.492. The molecule has 0 amide bonds. The maximum Gasteiger partial charge on any atom is 0.121 e. The number of aldehydes is 1. The van der Waals surface area contributed by atoms with Crippen LogP contribution in [-0.4, -0.2) is 30.1 Å². The summed E-state index contributed by atoms with van der Waals surface area (Å²) in [7, 11) is 1.00. The molecule has 0 radical (unpaired) electrons. The lowest BCUT2D eigenvalue weighted by molar-refractivity contribution is -0.107. The van der Waals surface area contributed by atoms with E-state index < -0.39 is 0 Å². The van der Waals surface area contributed by atoms with Crippen molar-refractivity contribution in [2.24, 2.45) is 0 Å². The fourth-order valence-corrected chi connectivity index (χ4v) is 4.06. The number of carbonyl (C=O) groups excluding carboxylic acids is 1. The van der Waals surface area contributed by atoms with Crippen molar-refractivity contribution in [1.29, 1.82) is 0 Å². The molecule has 0 unspecified atom stereocenters. The number of rotatable bonds is 8. The summed E-state index contributed by atoms with van der Waals surface area (Å²) in [6, 6.07) is 5.75. The average Bonchev–Trinajstić information content (AvgIpc) is 3.21. The highest BCUT2D eigenvalue weighted by atomic mass is 35.5. The summed E-state index contributed by atoms with van der Waals surface area (Å²) in [5.74, 6) is 0.787. The molecule has 0 saturated heterocycles. The fraction of sp³-hybridized carbons (Fsp3) is 0.429. The molecule has 0 fully saturated rings. The van der Waals surface area contributed by atoms with Gasteiger partial charge in [-0.1, -0.05) is 23.2 Å². The normalized spacial score (nSPS) is 13.7. The lowest BCUT2D eigenvalue weighted by Gasteiger charge is -2.20. The van der Waals surface area contributed by atoms with Crippen molar-refractivity contribution < 1.29 is 14.6 Å². The first-order chi connectivity index (χ1) is 13.3. The van der Waals surface area contributed by atoms with Gasteiger partial charge in [0.1, 0.15) is 18.6 Å². The second-order valence-electron chi connectivity index (χ2n) is 6.31. The molecule has 0 atom stereocenters. The molecule has 0 spiro atoms. The smallest absolute Gasteiger partial charge is 0.121 e. The Hall–Kier alpha value is -1.69. The number of aliphatic hydroxyl groups is 1. The maximum absolute atomic E-state index is 10.5. The summed E-state index contributed by atoms with van der Waals surface area (Å²) < 4.78 is 6.01. The van der Waals surface area contributed by atoms with E-state index in [0.717, 1.165) is 44.0 Å². The van der Waals surface area contributed by atoms with Crippen molar-refractivity contribution in [3.8, 4) is 5.75 Å². The third-order valence-electron chi connectivity index (χ3n) is 4.55. The highest BCUT2D eigenvalue weighted by Gasteiger charge is 2.15. The van der Waals surface area contributed by atoms with E-state index in [9.17, 15) is 4.79 Å². The largest absolute Gasteiger partial charge is 0.489 e. The molecule has 0 aliphatic heterocycles. The number of aliphatic hydroxyl groups excluding tert-OH is 1. The third kappa shape index (κ3) is 6.76. The van der Waals surface area contributed by atoms with E-state index >= 15 is 0 Å². The minimum atomic E-state index is 0.494. The number of benzene rings is 1. The molecule has 1 aliphatic carbocycles. The van der Waals surface area contributed by atoms with E-state index in [-0.39, 0.29) is 0 Å². The zero-order chi connectivity index (χ0) is 19.5. The van der Waals surface area contributed by atoms with Gasteiger partial charge in [0.2, 0.25) is 0 Å². The van der Waals surface area contributed by atoms with Gasteiger partial charge in [-0.2, -0.15) is 0 Å². The molecule has 4 nitrogen and oxygen atoms in total. The molecule has 3 rings (SSSR count). The van der Waals surface area contributed by atoms with Gasteiger partial charge >= 0.3 is 0 Å². The van der Waals surface area contributed by atoms with Crippen molar-refractivity contribution in [2.75, 3.05) is 13.7 Å². The first-order valence-electron chi connectivity index (χ1n) is 9.13. The predicted molar refractivity (Wildman–Crippen MR) is 111 cm³/mol. The molecule has 0 bridgehead atoms. The van der Waals surface area contributed by atoms with Gasteiger partial charge in [0.05, 0.1) is 5.51 Å².